The van der Waals surface area contributed by atoms with Crippen LogP contribution in [0.3, 0.4) is 0 Å². The van der Waals surface area contributed by atoms with Crippen LogP contribution >= 0.6 is 0 Å². The van der Waals surface area contributed by atoms with Gasteiger partial charge in [-0.2, -0.15) is 0 Å². The fraction of sp³-hybridized carbons (Fsp3) is 0.562. The van der Waals surface area contributed by atoms with Gasteiger partial charge in [-0.15, -0.1) is 0 Å². The number of ether oxygens (including phenoxy) is 1. The van der Waals surface area contributed by atoms with E-state index < -0.39 is 0 Å². The summed E-state index contributed by atoms with van der Waals surface area (Å²) in [5.41, 5.74) is 1.02. The molecule has 1 heterocycles. The third kappa shape index (κ3) is 4.23. The van der Waals surface area contributed by atoms with E-state index in [9.17, 15) is 4.79 Å². The molecule has 4 heteroatoms. The van der Waals surface area contributed by atoms with Crippen LogP contribution in [-0.2, 0) is 11.3 Å². The van der Waals surface area contributed by atoms with Crippen molar-refractivity contribution in [2.24, 2.45) is 5.92 Å². The predicted octanol–water partition coefficient (Wildman–Crippen LogP) is 0.626. The molecule has 2 atom stereocenters. The van der Waals surface area contributed by atoms with Crippen LogP contribution in [0, 0.1) is 5.92 Å². The summed E-state index contributed by atoms with van der Waals surface area (Å²) in [5, 5.41) is 3.00. The van der Waals surface area contributed by atoms with Gasteiger partial charge in [-0.3, -0.25) is 4.79 Å². The molecule has 1 aromatic rings. The van der Waals surface area contributed by atoms with Crippen molar-refractivity contribution < 1.29 is 14.4 Å². The van der Waals surface area contributed by atoms with E-state index in [1.54, 1.807) is 7.11 Å². The number of carbonyl (C=O) groups is 1. The van der Waals surface area contributed by atoms with Gasteiger partial charge in [0.05, 0.1) is 20.2 Å². The number of amides is 1. The minimum Gasteiger partial charge on any atom is -0.496 e. The molecule has 2 rings (SSSR count). The molecular formula is C16H25N2O2+. The second-order valence-electron chi connectivity index (χ2n) is 5.72. The normalized spacial score (nSPS) is 22.3. The maximum absolute atomic E-state index is 12.0. The Balaban J connectivity index is 1.80. The molecule has 1 aromatic carbocycles. The highest BCUT2D eigenvalue weighted by molar-refractivity contribution is 5.76. The zero-order valence-corrected chi connectivity index (χ0v) is 12.4. The van der Waals surface area contributed by atoms with E-state index in [2.05, 4.69) is 12.2 Å². The lowest BCUT2D eigenvalue weighted by Gasteiger charge is -2.27. The first-order valence-corrected chi connectivity index (χ1v) is 7.41. The van der Waals surface area contributed by atoms with Crippen molar-refractivity contribution in [1.29, 1.82) is 0 Å². The molecule has 0 aromatic heterocycles. The van der Waals surface area contributed by atoms with Gasteiger partial charge >= 0.3 is 0 Å². The SMILES string of the molecule is COc1ccccc1CNC(=O)C[NH+]1CCC[C@H](C)C1. The molecule has 0 spiro atoms. The van der Waals surface area contributed by atoms with Crippen molar-refractivity contribution in [3.05, 3.63) is 29.8 Å². The van der Waals surface area contributed by atoms with E-state index in [0.717, 1.165) is 30.3 Å². The van der Waals surface area contributed by atoms with Gasteiger partial charge in [-0.1, -0.05) is 25.1 Å². The number of hydrogen-bond acceptors (Lipinski definition) is 2. The van der Waals surface area contributed by atoms with Crippen LogP contribution in [0.5, 0.6) is 5.75 Å². The highest BCUT2D eigenvalue weighted by Crippen LogP contribution is 2.16. The molecule has 0 saturated carbocycles. The highest BCUT2D eigenvalue weighted by Gasteiger charge is 2.21. The monoisotopic (exact) mass is 277 g/mol. The third-order valence-electron chi connectivity index (χ3n) is 3.94. The number of hydrogen-bond donors (Lipinski definition) is 2. The molecular weight excluding hydrogens is 252 g/mol. The molecule has 1 fully saturated rings. The Morgan fingerprint density at radius 1 is 1.45 bits per heavy atom. The van der Waals surface area contributed by atoms with Gasteiger partial charge in [-0.05, 0) is 18.9 Å². The standard InChI is InChI=1S/C16H24N2O2/c1-13-6-5-9-18(11-13)12-16(19)17-10-14-7-3-4-8-15(14)20-2/h3-4,7-8,13H,5-6,9-12H2,1-2H3,(H,17,19)/p+1/t13-/m0/s1. The number of piperidine rings is 1. The number of nitrogens with one attached hydrogen (secondary N) is 2. The van der Waals surface area contributed by atoms with Gasteiger partial charge in [0.15, 0.2) is 6.54 Å². The Morgan fingerprint density at radius 2 is 2.25 bits per heavy atom. The molecule has 4 nitrogen and oxygen atoms in total. The van der Waals surface area contributed by atoms with Gasteiger partial charge in [0.1, 0.15) is 5.75 Å². The van der Waals surface area contributed by atoms with Gasteiger partial charge in [0, 0.05) is 18.0 Å². The van der Waals surface area contributed by atoms with Crippen LogP contribution in [0.2, 0.25) is 0 Å². The molecule has 1 saturated heterocycles. The number of benzene rings is 1. The third-order valence-corrected chi connectivity index (χ3v) is 3.94. The maximum atomic E-state index is 12.0. The largest absolute Gasteiger partial charge is 0.496 e. The van der Waals surface area contributed by atoms with E-state index >= 15 is 0 Å². The van der Waals surface area contributed by atoms with Gasteiger partial charge in [0.25, 0.3) is 5.91 Å². The average molecular weight is 277 g/mol. The number of quaternary nitrogens is 1. The first kappa shape index (κ1) is 14.9. The van der Waals surface area contributed by atoms with Crippen LogP contribution in [-0.4, -0.2) is 32.7 Å². The molecule has 2 N–H and O–H groups in total. The summed E-state index contributed by atoms with van der Waals surface area (Å²) in [4.78, 5) is 13.4. The first-order chi connectivity index (χ1) is 9.69. The minimum absolute atomic E-state index is 0.125. The Kier molecular flexibility index (Phi) is 5.41. The summed E-state index contributed by atoms with van der Waals surface area (Å²) in [6.45, 7) is 5.62. The van der Waals surface area contributed by atoms with E-state index in [0.29, 0.717) is 13.1 Å². The van der Waals surface area contributed by atoms with Crippen molar-refractivity contribution in [2.45, 2.75) is 26.3 Å². The lowest BCUT2D eigenvalue weighted by atomic mass is 10.0. The quantitative estimate of drug-likeness (QED) is 0.829. The van der Waals surface area contributed by atoms with Crippen molar-refractivity contribution in [3.8, 4) is 5.75 Å². The number of carbonyl (C=O) groups excluding carboxylic acids is 1. The van der Waals surface area contributed by atoms with Crippen LogP contribution in [0.4, 0.5) is 0 Å². The van der Waals surface area contributed by atoms with Crippen molar-refractivity contribution in [1.82, 2.24) is 5.32 Å². The Bertz CT molecular complexity index is 448. The van der Waals surface area contributed by atoms with Gasteiger partial charge in [0.2, 0.25) is 0 Å². The summed E-state index contributed by atoms with van der Waals surface area (Å²) in [6.07, 6.45) is 2.53. The van der Waals surface area contributed by atoms with Crippen LogP contribution in [0.15, 0.2) is 24.3 Å². The first-order valence-electron chi connectivity index (χ1n) is 7.41. The Hall–Kier alpha value is -1.55. The Morgan fingerprint density at radius 3 is 3.00 bits per heavy atom. The van der Waals surface area contributed by atoms with E-state index in [1.807, 2.05) is 24.3 Å². The summed E-state index contributed by atoms with van der Waals surface area (Å²) >= 11 is 0. The number of likely N-dealkylation sites (tertiary alicyclic amines) is 1. The zero-order valence-electron chi connectivity index (χ0n) is 12.4. The summed E-state index contributed by atoms with van der Waals surface area (Å²) < 4.78 is 5.29. The number of methoxy groups -OCH3 is 1. The number of para-hydroxylation sites is 1. The minimum atomic E-state index is 0.125. The zero-order chi connectivity index (χ0) is 14.4. The smallest absolute Gasteiger partial charge is 0.275 e. The summed E-state index contributed by atoms with van der Waals surface area (Å²) in [6, 6.07) is 7.79. The molecule has 1 aliphatic rings. The lowest BCUT2D eigenvalue weighted by Crippen LogP contribution is -3.14. The Labute approximate surface area is 121 Å². The van der Waals surface area contributed by atoms with E-state index in [4.69, 9.17) is 4.74 Å². The molecule has 0 bridgehead atoms. The molecule has 1 amide bonds. The van der Waals surface area contributed by atoms with E-state index in [1.165, 1.54) is 17.7 Å². The van der Waals surface area contributed by atoms with Crippen LogP contribution < -0.4 is 15.0 Å². The molecule has 0 aliphatic carbocycles. The topological polar surface area (TPSA) is 42.8 Å². The second-order valence-corrected chi connectivity index (χ2v) is 5.72. The molecule has 1 unspecified atom stereocenters. The average Bonchev–Trinajstić information content (AvgIpc) is 2.45. The predicted molar refractivity (Wildman–Crippen MR) is 78.8 cm³/mol. The van der Waals surface area contributed by atoms with E-state index in [-0.39, 0.29) is 5.91 Å². The second kappa shape index (κ2) is 7.29. The molecule has 110 valence electrons. The van der Waals surface area contributed by atoms with Crippen LogP contribution in [0.1, 0.15) is 25.3 Å². The van der Waals surface area contributed by atoms with Crippen LogP contribution in [0.25, 0.3) is 0 Å². The van der Waals surface area contributed by atoms with Crippen molar-refractivity contribution >= 4 is 5.91 Å². The summed E-state index contributed by atoms with van der Waals surface area (Å²) in [7, 11) is 1.65. The fourth-order valence-electron chi connectivity index (χ4n) is 2.89. The summed E-state index contributed by atoms with van der Waals surface area (Å²) in [5.74, 6) is 1.69. The molecule has 20 heavy (non-hydrogen) atoms. The highest BCUT2D eigenvalue weighted by atomic mass is 16.5. The van der Waals surface area contributed by atoms with Crippen molar-refractivity contribution in [3.63, 3.8) is 0 Å². The molecule has 0 radical (unpaired) electrons. The fourth-order valence-corrected chi connectivity index (χ4v) is 2.89. The van der Waals surface area contributed by atoms with Gasteiger partial charge in [-0.25, -0.2) is 0 Å². The van der Waals surface area contributed by atoms with Crippen molar-refractivity contribution in [2.75, 3.05) is 26.7 Å². The number of rotatable bonds is 5. The van der Waals surface area contributed by atoms with Gasteiger partial charge < -0.3 is 15.0 Å². The lowest BCUT2D eigenvalue weighted by molar-refractivity contribution is -0.900. The molecule has 1 aliphatic heterocycles. The maximum Gasteiger partial charge on any atom is 0.275 e.